The molecule has 0 amide bonds. The summed E-state index contributed by atoms with van der Waals surface area (Å²) in [6, 6.07) is 0. The molecule has 0 unspecified atom stereocenters. The lowest BCUT2D eigenvalue weighted by Crippen LogP contribution is -2.30. The fourth-order valence-corrected chi connectivity index (χ4v) is 1.09. The lowest BCUT2D eigenvalue weighted by Gasteiger charge is -1.87. The summed E-state index contributed by atoms with van der Waals surface area (Å²) in [5.74, 6) is 0. The van der Waals surface area contributed by atoms with Crippen LogP contribution in [-0.2, 0) is 4.57 Å². The standard InChI is InChI=1S/C6H3N5O3.H3O4P/c1-7-11-4(12)2-3(10-6(11)14)9-5(13)8-2;1-5(2,3)4/h(H,10,14)(H2,8,9,13);(H3,1,2,3,4). The van der Waals surface area contributed by atoms with Crippen LogP contribution in [0.25, 0.3) is 16.1 Å². The van der Waals surface area contributed by atoms with Crippen molar-refractivity contribution in [2.75, 3.05) is 0 Å². The van der Waals surface area contributed by atoms with Crippen molar-refractivity contribution < 1.29 is 19.2 Å². The van der Waals surface area contributed by atoms with Gasteiger partial charge in [-0.05, 0) is 0 Å². The number of hydrogen-bond acceptors (Lipinski definition) is 4. The number of hydrogen-bond donors (Lipinski definition) is 6. The van der Waals surface area contributed by atoms with Gasteiger partial charge in [0.05, 0.1) is 4.68 Å². The number of nitrogens with zero attached hydrogens (tertiary/aromatic N) is 2. The Morgan fingerprint density at radius 1 is 1.11 bits per heavy atom. The molecule has 0 bridgehead atoms. The van der Waals surface area contributed by atoms with Crippen LogP contribution in [0.3, 0.4) is 0 Å². The SMILES string of the molecule is O=P(O)(O)O.[C-]#[N+]n1c(=O)[nH]c2[nH]c(=O)[nH]c2c1=O. The molecule has 19 heavy (non-hydrogen) atoms. The molecule has 102 valence electrons. The summed E-state index contributed by atoms with van der Waals surface area (Å²) in [5, 5.41) is 0. The third kappa shape index (κ3) is 3.76. The number of rotatable bonds is 0. The van der Waals surface area contributed by atoms with Crippen molar-refractivity contribution in [1.29, 1.82) is 0 Å². The predicted molar refractivity (Wildman–Crippen MR) is 60.1 cm³/mol. The van der Waals surface area contributed by atoms with Crippen molar-refractivity contribution in [3.05, 3.63) is 42.8 Å². The van der Waals surface area contributed by atoms with Gasteiger partial charge in [-0.1, -0.05) is 0 Å². The zero-order chi connectivity index (χ0) is 14.8. The zero-order valence-electron chi connectivity index (χ0n) is 8.82. The van der Waals surface area contributed by atoms with E-state index in [0.29, 0.717) is 4.68 Å². The van der Waals surface area contributed by atoms with Crippen LogP contribution in [0.15, 0.2) is 14.4 Å². The van der Waals surface area contributed by atoms with E-state index in [-0.39, 0.29) is 11.2 Å². The summed E-state index contributed by atoms with van der Waals surface area (Å²) in [7, 11) is -4.64. The topological polar surface area (TPSA) is 186 Å². The minimum Gasteiger partial charge on any atom is -0.303 e. The van der Waals surface area contributed by atoms with Crippen LogP contribution >= 0.6 is 7.82 Å². The Morgan fingerprint density at radius 2 is 1.63 bits per heavy atom. The molecule has 13 heteroatoms. The molecule has 0 saturated heterocycles. The Labute approximate surface area is 102 Å². The fourth-order valence-electron chi connectivity index (χ4n) is 1.09. The highest BCUT2D eigenvalue weighted by molar-refractivity contribution is 7.45. The van der Waals surface area contributed by atoms with Gasteiger partial charge in [-0.25, -0.2) is 14.2 Å². The van der Waals surface area contributed by atoms with Gasteiger partial charge in [-0.15, -0.1) is 4.95 Å². The van der Waals surface area contributed by atoms with Crippen molar-refractivity contribution in [3.8, 4) is 0 Å². The third-order valence-corrected chi connectivity index (χ3v) is 1.66. The zero-order valence-corrected chi connectivity index (χ0v) is 9.71. The number of phosphoric acid groups is 1. The molecule has 2 heterocycles. The van der Waals surface area contributed by atoms with Gasteiger partial charge in [0.2, 0.25) is 0 Å². The van der Waals surface area contributed by atoms with Crippen molar-refractivity contribution in [2.24, 2.45) is 0 Å². The first-order valence-corrected chi connectivity index (χ1v) is 5.83. The third-order valence-electron chi connectivity index (χ3n) is 1.66. The van der Waals surface area contributed by atoms with E-state index in [2.05, 4.69) is 19.9 Å². The Bertz CT molecular complexity index is 849. The van der Waals surface area contributed by atoms with Gasteiger partial charge >= 0.3 is 24.8 Å². The normalized spacial score (nSPS) is 10.6. The molecule has 0 aromatic carbocycles. The van der Waals surface area contributed by atoms with Crippen molar-refractivity contribution in [3.63, 3.8) is 0 Å². The number of aromatic nitrogens is 4. The molecule has 0 aliphatic rings. The highest BCUT2D eigenvalue weighted by atomic mass is 31.2. The smallest absolute Gasteiger partial charge is 0.303 e. The molecule has 0 aliphatic heterocycles. The molecule has 0 fully saturated rings. The maximum absolute atomic E-state index is 11.3. The van der Waals surface area contributed by atoms with Crippen LogP contribution in [0.4, 0.5) is 0 Å². The Balaban J connectivity index is 0.000000312. The minimum atomic E-state index is -4.64. The second-order valence-corrected chi connectivity index (χ2v) is 4.02. The highest BCUT2D eigenvalue weighted by Crippen LogP contribution is 2.25. The van der Waals surface area contributed by atoms with E-state index >= 15 is 0 Å². The van der Waals surface area contributed by atoms with Crippen LogP contribution in [-0.4, -0.2) is 34.3 Å². The Kier molecular flexibility index (Phi) is 3.88. The van der Waals surface area contributed by atoms with Crippen molar-refractivity contribution in [1.82, 2.24) is 19.6 Å². The van der Waals surface area contributed by atoms with Crippen LogP contribution in [0.1, 0.15) is 0 Å². The van der Waals surface area contributed by atoms with Crippen LogP contribution in [0, 0.1) is 6.57 Å². The van der Waals surface area contributed by atoms with Crippen molar-refractivity contribution >= 4 is 19.0 Å². The van der Waals surface area contributed by atoms with Gasteiger partial charge < -0.3 is 14.7 Å². The van der Waals surface area contributed by atoms with E-state index in [9.17, 15) is 14.4 Å². The molecule has 0 spiro atoms. The van der Waals surface area contributed by atoms with E-state index in [0.717, 1.165) is 0 Å². The molecule has 2 rings (SSSR count). The lowest BCUT2D eigenvalue weighted by atomic mass is 10.5. The molecule has 6 N–H and O–H groups in total. The number of fused-ring (bicyclic) bond motifs is 1. The fraction of sp³-hybridized carbons (Fsp3) is 0. The average Bonchev–Trinajstić information content (AvgIpc) is 2.57. The first-order valence-electron chi connectivity index (χ1n) is 4.27. The van der Waals surface area contributed by atoms with Crippen LogP contribution in [0.5, 0.6) is 0 Å². The maximum atomic E-state index is 11.3. The minimum absolute atomic E-state index is 0.00935. The summed E-state index contributed by atoms with van der Waals surface area (Å²) in [5.41, 5.74) is -2.48. The molecule has 12 nitrogen and oxygen atoms in total. The second kappa shape index (κ2) is 5.04. The summed E-state index contributed by atoms with van der Waals surface area (Å²) < 4.78 is 9.18. The Morgan fingerprint density at radius 3 is 2.11 bits per heavy atom. The van der Waals surface area contributed by atoms with Gasteiger partial charge in [0.1, 0.15) is 5.65 Å². The maximum Gasteiger partial charge on any atom is 0.466 e. The summed E-state index contributed by atoms with van der Waals surface area (Å²) in [6.07, 6.45) is 0. The van der Waals surface area contributed by atoms with Crippen LogP contribution < -0.4 is 16.9 Å². The quantitative estimate of drug-likeness (QED) is 0.228. The van der Waals surface area contributed by atoms with Crippen molar-refractivity contribution in [2.45, 2.75) is 0 Å². The molecular weight excluding hydrogens is 285 g/mol. The first-order chi connectivity index (χ1) is 8.63. The average molecular weight is 291 g/mol. The molecule has 0 aliphatic carbocycles. The molecule has 0 saturated carbocycles. The number of H-pyrrole nitrogens is 3. The number of aromatic amines is 3. The van der Waals surface area contributed by atoms with Gasteiger partial charge in [0, 0.05) is 0 Å². The first kappa shape index (κ1) is 14.6. The van der Waals surface area contributed by atoms with Gasteiger partial charge in [-0.2, -0.15) is 6.57 Å². The van der Waals surface area contributed by atoms with Gasteiger partial charge in [0.25, 0.3) is 0 Å². The molecule has 2 aromatic heterocycles. The van der Waals surface area contributed by atoms with E-state index in [1.807, 2.05) is 0 Å². The van der Waals surface area contributed by atoms with Crippen LogP contribution in [0.2, 0.25) is 0 Å². The molecule has 0 radical (unpaired) electrons. The highest BCUT2D eigenvalue weighted by Gasteiger charge is 2.12. The molecule has 2 aromatic rings. The van der Waals surface area contributed by atoms with E-state index in [1.165, 1.54) is 0 Å². The summed E-state index contributed by atoms with van der Waals surface area (Å²) in [4.78, 5) is 64.0. The van der Waals surface area contributed by atoms with E-state index < -0.39 is 24.8 Å². The summed E-state index contributed by atoms with van der Waals surface area (Å²) >= 11 is 0. The molecular formula is C6H6N5O7P. The summed E-state index contributed by atoms with van der Waals surface area (Å²) in [6.45, 7) is 6.57. The van der Waals surface area contributed by atoms with Gasteiger partial charge in [0.15, 0.2) is 5.52 Å². The monoisotopic (exact) mass is 291 g/mol. The number of imidazole rings is 1. The van der Waals surface area contributed by atoms with E-state index in [4.69, 9.17) is 25.8 Å². The second-order valence-electron chi connectivity index (χ2n) is 2.99. The Hall–Kier alpha value is -2.45. The number of nitrogens with one attached hydrogen (secondary N) is 3. The van der Waals surface area contributed by atoms with E-state index in [1.54, 1.807) is 0 Å². The predicted octanol–water partition coefficient (Wildman–Crippen LogP) is -2.54. The molecule has 0 atom stereocenters. The lowest BCUT2D eigenvalue weighted by molar-refractivity contribution is 0.275. The van der Waals surface area contributed by atoms with Gasteiger partial charge in [-0.3, -0.25) is 19.7 Å². The largest absolute Gasteiger partial charge is 0.466 e.